The minimum atomic E-state index is -0.224. The molecule has 4 N–H and O–H groups in total. The summed E-state index contributed by atoms with van der Waals surface area (Å²) in [5, 5.41) is 25.1. The molecule has 1 aromatic rings. The fourth-order valence-corrected chi connectivity index (χ4v) is 1.89. The SMILES string of the molecule is CC(NCCC(=O)NC(C)(C)C)c1ccc(O)cc1O. The molecule has 1 amide bonds. The molecule has 0 fully saturated rings. The van der Waals surface area contributed by atoms with Gasteiger partial charge in [-0.2, -0.15) is 0 Å². The number of carbonyl (C=O) groups excluding carboxylic acids is 1. The number of hydrogen-bond acceptors (Lipinski definition) is 4. The van der Waals surface area contributed by atoms with Crippen LogP contribution in [0.2, 0.25) is 0 Å². The molecule has 1 rings (SSSR count). The van der Waals surface area contributed by atoms with Gasteiger partial charge in [-0.1, -0.05) is 6.07 Å². The summed E-state index contributed by atoms with van der Waals surface area (Å²) < 4.78 is 0. The van der Waals surface area contributed by atoms with Crippen LogP contribution in [0.3, 0.4) is 0 Å². The molecule has 0 bridgehead atoms. The summed E-state index contributed by atoms with van der Waals surface area (Å²) in [6.45, 7) is 8.23. The molecule has 0 aliphatic rings. The molecule has 1 unspecified atom stereocenters. The Morgan fingerprint density at radius 1 is 1.30 bits per heavy atom. The number of benzene rings is 1. The lowest BCUT2D eigenvalue weighted by Gasteiger charge is -2.21. The van der Waals surface area contributed by atoms with E-state index in [1.165, 1.54) is 12.1 Å². The van der Waals surface area contributed by atoms with Gasteiger partial charge in [-0.05, 0) is 33.8 Å². The van der Waals surface area contributed by atoms with Crippen LogP contribution in [0.25, 0.3) is 0 Å². The van der Waals surface area contributed by atoms with Crippen LogP contribution in [0, 0.1) is 0 Å². The zero-order valence-corrected chi connectivity index (χ0v) is 12.5. The smallest absolute Gasteiger partial charge is 0.221 e. The van der Waals surface area contributed by atoms with Crippen LogP contribution in [0.15, 0.2) is 18.2 Å². The molecule has 20 heavy (non-hydrogen) atoms. The van der Waals surface area contributed by atoms with Gasteiger partial charge >= 0.3 is 0 Å². The van der Waals surface area contributed by atoms with Crippen LogP contribution in [0.5, 0.6) is 11.5 Å². The van der Waals surface area contributed by atoms with Crippen molar-refractivity contribution in [1.29, 1.82) is 0 Å². The second-order valence-corrected chi connectivity index (χ2v) is 5.97. The molecule has 5 heteroatoms. The van der Waals surface area contributed by atoms with Crippen molar-refractivity contribution in [3.63, 3.8) is 0 Å². The monoisotopic (exact) mass is 280 g/mol. The Kier molecular flexibility index (Phi) is 5.39. The number of phenols is 2. The molecule has 0 saturated carbocycles. The first-order valence-corrected chi connectivity index (χ1v) is 6.75. The van der Waals surface area contributed by atoms with Crippen molar-refractivity contribution in [2.75, 3.05) is 6.54 Å². The number of aromatic hydroxyl groups is 2. The van der Waals surface area contributed by atoms with Crippen LogP contribution in [-0.2, 0) is 4.79 Å². The molecule has 0 saturated heterocycles. The van der Waals surface area contributed by atoms with Gasteiger partial charge in [0.15, 0.2) is 0 Å². The molecule has 0 radical (unpaired) electrons. The maximum Gasteiger partial charge on any atom is 0.221 e. The van der Waals surface area contributed by atoms with Crippen LogP contribution in [-0.4, -0.2) is 28.2 Å². The molecule has 1 aromatic carbocycles. The highest BCUT2D eigenvalue weighted by Gasteiger charge is 2.14. The summed E-state index contributed by atoms with van der Waals surface area (Å²) in [5.41, 5.74) is 0.469. The molecule has 5 nitrogen and oxygen atoms in total. The van der Waals surface area contributed by atoms with Gasteiger partial charge in [-0.15, -0.1) is 0 Å². The predicted molar refractivity (Wildman–Crippen MR) is 78.7 cm³/mol. The largest absolute Gasteiger partial charge is 0.508 e. The molecule has 0 spiro atoms. The predicted octanol–water partition coefficient (Wildman–Crippen LogP) is 2.05. The van der Waals surface area contributed by atoms with E-state index in [4.69, 9.17) is 0 Å². The molecular formula is C15H24N2O3. The lowest BCUT2D eigenvalue weighted by Crippen LogP contribution is -2.41. The molecule has 112 valence electrons. The van der Waals surface area contributed by atoms with Crippen LogP contribution < -0.4 is 10.6 Å². The van der Waals surface area contributed by atoms with Crippen molar-refractivity contribution in [2.45, 2.75) is 45.7 Å². The first-order valence-electron chi connectivity index (χ1n) is 6.75. The lowest BCUT2D eigenvalue weighted by atomic mass is 10.1. The van der Waals surface area contributed by atoms with Crippen molar-refractivity contribution in [2.24, 2.45) is 0 Å². The maximum absolute atomic E-state index is 11.7. The van der Waals surface area contributed by atoms with Gasteiger partial charge in [0.25, 0.3) is 0 Å². The minimum absolute atomic E-state index is 0.00729. The molecule has 1 atom stereocenters. The Balaban J connectivity index is 2.44. The third-order valence-corrected chi connectivity index (χ3v) is 2.80. The zero-order chi connectivity index (χ0) is 15.3. The molecule has 0 aliphatic heterocycles. The Hall–Kier alpha value is -1.75. The highest BCUT2D eigenvalue weighted by Crippen LogP contribution is 2.27. The highest BCUT2D eigenvalue weighted by atomic mass is 16.3. The number of phenolic OH excluding ortho intramolecular Hbond substituents is 2. The molecule has 0 aromatic heterocycles. The van der Waals surface area contributed by atoms with Crippen molar-refractivity contribution >= 4 is 5.91 Å². The maximum atomic E-state index is 11.7. The van der Waals surface area contributed by atoms with Crippen molar-refractivity contribution in [3.05, 3.63) is 23.8 Å². The van der Waals surface area contributed by atoms with Crippen LogP contribution >= 0.6 is 0 Å². The van der Waals surface area contributed by atoms with E-state index in [1.807, 2.05) is 27.7 Å². The quantitative estimate of drug-likeness (QED) is 0.665. The summed E-state index contributed by atoms with van der Waals surface area (Å²) in [4.78, 5) is 11.7. The van der Waals surface area contributed by atoms with Gasteiger partial charge in [-0.3, -0.25) is 4.79 Å². The first kappa shape index (κ1) is 16.3. The second-order valence-electron chi connectivity index (χ2n) is 5.97. The van der Waals surface area contributed by atoms with Crippen LogP contribution in [0.4, 0.5) is 0 Å². The third kappa shape index (κ3) is 5.48. The van der Waals surface area contributed by atoms with E-state index < -0.39 is 0 Å². The standard InChI is InChI=1S/C15H24N2O3/c1-10(12-6-5-11(18)9-13(12)19)16-8-7-14(20)17-15(2,3)4/h5-6,9-10,16,18-19H,7-8H2,1-4H3,(H,17,20). The van der Waals surface area contributed by atoms with E-state index in [0.29, 0.717) is 18.5 Å². The van der Waals surface area contributed by atoms with E-state index >= 15 is 0 Å². The van der Waals surface area contributed by atoms with Gasteiger partial charge in [0.1, 0.15) is 11.5 Å². The summed E-state index contributed by atoms with van der Waals surface area (Å²) in [6.07, 6.45) is 0.375. The lowest BCUT2D eigenvalue weighted by molar-refractivity contribution is -0.122. The van der Waals surface area contributed by atoms with Gasteiger partial charge in [0, 0.05) is 36.2 Å². The first-order chi connectivity index (χ1) is 9.19. The molecule has 0 heterocycles. The average molecular weight is 280 g/mol. The summed E-state index contributed by atoms with van der Waals surface area (Å²) in [7, 11) is 0. The van der Waals surface area contributed by atoms with Gasteiger partial charge in [0.05, 0.1) is 0 Å². The number of carbonyl (C=O) groups is 1. The number of amides is 1. The fourth-order valence-electron chi connectivity index (χ4n) is 1.89. The Bertz CT molecular complexity index is 467. The summed E-state index contributed by atoms with van der Waals surface area (Å²) in [6, 6.07) is 4.40. The van der Waals surface area contributed by atoms with E-state index in [2.05, 4.69) is 10.6 Å². The van der Waals surface area contributed by atoms with Crippen molar-refractivity contribution in [3.8, 4) is 11.5 Å². The third-order valence-electron chi connectivity index (χ3n) is 2.80. The topological polar surface area (TPSA) is 81.6 Å². The minimum Gasteiger partial charge on any atom is -0.508 e. The van der Waals surface area contributed by atoms with Gasteiger partial charge in [-0.25, -0.2) is 0 Å². The number of rotatable bonds is 5. The van der Waals surface area contributed by atoms with Crippen LogP contribution in [0.1, 0.15) is 45.7 Å². The number of nitrogens with one attached hydrogen (secondary N) is 2. The van der Waals surface area contributed by atoms with Gasteiger partial charge < -0.3 is 20.8 Å². The van der Waals surface area contributed by atoms with E-state index in [-0.39, 0.29) is 29.0 Å². The number of hydrogen-bond donors (Lipinski definition) is 4. The summed E-state index contributed by atoms with van der Waals surface area (Å²) >= 11 is 0. The Morgan fingerprint density at radius 2 is 1.95 bits per heavy atom. The fraction of sp³-hybridized carbons (Fsp3) is 0.533. The second kappa shape index (κ2) is 6.61. The summed E-state index contributed by atoms with van der Waals surface area (Å²) in [5.74, 6) is 0.0688. The van der Waals surface area contributed by atoms with E-state index in [9.17, 15) is 15.0 Å². The normalized spacial score (nSPS) is 13.0. The van der Waals surface area contributed by atoms with Crippen molar-refractivity contribution in [1.82, 2.24) is 10.6 Å². The average Bonchev–Trinajstić information content (AvgIpc) is 2.25. The zero-order valence-electron chi connectivity index (χ0n) is 12.5. The Labute approximate surface area is 120 Å². The van der Waals surface area contributed by atoms with Crippen molar-refractivity contribution < 1.29 is 15.0 Å². The molecular weight excluding hydrogens is 256 g/mol. The van der Waals surface area contributed by atoms with E-state index in [0.717, 1.165) is 0 Å². The van der Waals surface area contributed by atoms with Gasteiger partial charge in [0.2, 0.25) is 5.91 Å². The Morgan fingerprint density at radius 3 is 2.50 bits per heavy atom. The van der Waals surface area contributed by atoms with E-state index in [1.54, 1.807) is 6.07 Å². The molecule has 0 aliphatic carbocycles. The highest BCUT2D eigenvalue weighted by molar-refractivity contribution is 5.76.